The van der Waals surface area contributed by atoms with Crippen molar-refractivity contribution >= 4 is 33.4 Å². The number of esters is 1. The molecule has 7 heteroatoms. The molecule has 1 aliphatic heterocycles. The van der Waals surface area contributed by atoms with Crippen molar-refractivity contribution in [2.75, 3.05) is 19.7 Å². The largest absolute Gasteiger partial charge is 0.466 e. The zero-order chi connectivity index (χ0) is 21.3. The van der Waals surface area contributed by atoms with Crippen molar-refractivity contribution in [3.05, 3.63) is 58.3 Å². The summed E-state index contributed by atoms with van der Waals surface area (Å²) in [4.78, 5) is 28.5. The van der Waals surface area contributed by atoms with Gasteiger partial charge in [-0.15, -0.1) is 11.3 Å². The zero-order valence-corrected chi connectivity index (χ0v) is 18.0. The lowest BCUT2D eigenvalue weighted by atomic mass is 9.98. The van der Waals surface area contributed by atoms with Gasteiger partial charge in [0.1, 0.15) is 11.5 Å². The van der Waals surface area contributed by atoms with E-state index in [1.165, 1.54) is 6.07 Å². The summed E-state index contributed by atoms with van der Waals surface area (Å²) in [7, 11) is 0. The molecule has 0 radical (unpaired) electrons. The van der Waals surface area contributed by atoms with Gasteiger partial charge in [0.05, 0.1) is 29.3 Å². The van der Waals surface area contributed by atoms with Crippen LogP contribution in [0.5, 0.6) is 0 Å². The van der Waals surface area contributed by atoms with E-state index in [2.05, 4.69) is 0 Å². The molecule has 5 nitrogen and oxygen atoms in total. The van der Waals surface area contributed by atoms with Crippen molar-refractivity contribution in [3.63, 3.8) is 0 Å². The molecule has 1 aromatic carbocycles. The number of carbonyl (C=O) groups is 2. The monoisotopic (exact) mass is 428 g/mol. The van der Waals surface area contributed by atoms with Crippen LogP contribution < -0.4 is 0 Å². The molecule has 4 rings (SSSR count). The van der Waals surface area contributed by atoms with E-state index in [9.17, 15) is 14.0 Å². The Morgan fingerprint density at radius 1 is 1.27 bits per heavy atom. The van der Waals surface area contributed by atoms with Crippen molar-refractivity contribution < 1.29 is 18.7 Å². The molecule has 1 atom stereocenters. The van der Waals surface area contributed by atoms with Gasteiger partial charge in [-0.25, -0.2) is 4.39 Å². The number of nitrogens with zero attached hydrogens (tertiary/aromatic N) is 2. The maximum atomic E-state index is 14.3. The number of aryl methyl sites for hydroxylation is 1. The second-order valence-corrected chi connectivity index (χ2v) is 8.94. The van der Waals surface area contributed by atoms with Crippen molar-refractivity contribution in [1.82, 2.24) is 9.47 Å². The van der Waals surface area contributed by atoms with Gasteiger partial charge in [0.25, 0.3) is 5.91 Å². The summed E-state index contributed by atoms with van der Waals surface area (Å²) in [6.45, 7) is 5.39. The molecule has 1 amide bonds. The van der Waals surface area contributed by atoms with Gasteiger partial charge in [0.15, 0.2) is 0 Å². The lowest BCUT2D eigenvalue weighted by Gasteiger charge is -2.31. The van der Waals surface area contributed by atoms with Crippen LogP contribution in [0.4, 0.5) is 4.39 Å². The quantitative estimate of drug-likeness (QED) is 0.558. The normalized spacial score (nSPS) is 16.8. The Morgan fingerprint density at radius 3 is 2.83 bits per heavy atom. The van der Waals surface area contributed by atoms with Crippen LogP contribution >= 0.6 is 11.3 Å². The van der Waals surface area contributed by atoms with E-state index in [1.807, 2.05) is 23.6 Å². The van der Waals surface area contributed by atoms with Crippen molar-refractivity contribution in [3.8, 4) is 0 Å². The topological polar surface area (TPSA) is 51.5 Å². The van der Waals surface area contributed by atoms with Gasteiger partial charge < -0.3 is 14.2 Å². The average molecular weight is 429 g/mol. The van der Waals surface area contributed by atoms with Gasteiger partial charge in [0, 0.05) is 23.5 Å². The van der Waals surface area contributed by atoms with Crippen LogP contribution in [0.1, 0.15) is 40.7 Å². The number of halogens is 1. The van der Waals surface area contributed by atoms with E-state index in [0.29, 0.717) is 31.0 Å². The third-order valence-corrected chi connectivity index (χ3v) is 6.53. The smallest absolute Gasteiger partial charge is 0.310 e. The number of piperidine rings is 1. The second kappa shape index (κ2) is 8.60. The van der Waals surface area contributed by atoms with Crippen LogP contribution in [0.15, 0.2) is 36.4 Å². The molecule has 1 saturated heterocycles. The third kappa shape index (κ3) is 3.99. The minimum atomic E-state index is -0.291. The van der Waals surface area contributed by atoms with Crippen molar-refractivity contribution in [2.45, 2.75) is 33.2 Å². The molecule has 0 N–H and O–H groups in total. The second-order valence-electron chi connectivity index (χ2n) is 7.66. The highest BCUT2D eigenvalue weighted by Crippen LogP contribution is 2.31. The lowest BCUT2D eigenvalue weighted by molar-refractivity contribution is -0.149. The Hall–Kier alpha value is -2.67. The van der Waals surface area contributed by atoms with Crippen LogP contribution in [0, 0.1) is 18.7 Å². The Morgan fingerprint density at radius 2 is 2.07 bits per heavy atom. The summed E-state index contributed by atoms with van der Waals surface area (Å²) < 4.78 is 22.4. The molecular formula is C23H25FN2O3S. The highest BCUT2D eigenvalue weighted by atomic mass is 32.1. The van der Waals surface area contributed by atoms with E-state index < -0.39 is 0 Å². The molecule has 0 spiro atoms. The molecular weight excluding hydrogens is 403 g/mol. The first-order chi connectivity index (χ1) is 14.5. The van der Waals surface area contributed by atoms with Crippen LogP contribution in [0.3, 0.4) is 0 Å². The molecule has 0 saturated carbocycles. The summed E-state index contributed by atoms with van der Waals surface area (Å²) in [6.07, 6.45) is 1.49. The van der Waals surface area contributed by atoms with Gasteiger partial charge in [-0.2, -0.15) is 0 Å². The molecule has 1 aliphatic rings. The van der Waals surface area contributed by atoms with Crippen LogP contribution in [0.25, 0.3) is 10.2 Å². The number of hydrogen-bond acceptors (Lipinski definition) is 4. The summed E-state index contributed by atoms with van der Waals surface area (Å²) in [5.74, 6) is -0.944. The third-order valence-electron chi connectivity index (χ3n) is 5.55. The fourth-order valence-corrected chi connectivity index (χ4v) is 5.05. The number of likely N-dealkylation sites (tertiary alicyclic amines) is 1. The number of benzene rings is 1. The Bertz CT molecular complexity index is 1090. The number of fused-ring (bicyclic) bond motifs is 1. The van der Waals surface area contributed by atoms with Crippen molar-refractivity contribution in [1.29, 1.82) is 0 Å². The average Bonchev–Trinajstić information content (AvgIpc) is 3.26. The molecule has 2 aromatic heterocycles. The predicted octanol–water partition coefficient (Wildman–Crippen LogP) is 4.61. The SMILES string of the molecule is CCOC(=O)C1CCCN(C(=O)c2cc3sc(C)cc3n2Cc2ccccc2F)C1. The molecule has 0 bridgehead atoms. The molecule has 1 fully saturated rings. The van der Waals surface area contributed by atoms with E-state index in [0.717, 1.165) is 27.9 Å². The molecule has 0 aliphatic carbocycles. The van der Waals surface area contributed by atoms with Crippen LogP contribution in [0.2, 0.25) is 0 Å². The number of carbonyl (C=O) groups excluding carboxylic acids is 2. The maximum Gasteiger partial charge on any atom is 0.310 e. The number of thiophene rings is 1. The van der Waals surface area contributed by atoms with Gasteiger partial charge >= 0.3 is 5.97 Å². The van der Waals surface area contributed by atoms with Gasteiger partial charge in [-0.05, 0) is 44.9 Å². The van der Waals surface area contributed by atoms with Crippen LogP contribution in [-0.4, -0.2) is 41.0 Å². The molecule has 3 aromatic rings. The van der Waals surface area contributed by atoms with Gasteiger partial charge in [0.2, 0.25) is 0 Å². The van der Waals surface area contributed by atoms with E-state index >= 15 is 0 Å². The van der Waals surface area contributed by atoms with Gasteiger partial charge in [-0.3, -0.25) is 9.59 Å². The Kier molecular flexibility index (Phi) is 5.90. The lowest BCUT2D eigenvalue weighted by Crippen LogP contribution is -2.43. The minimum absolute atomic E-state index is 0.124. The molecule has 158 valence electrons. The fraction of sp³-hybridized carbons (Fsp3) is 0.391. The summed E-state index contributed by atoms with van der Waals surface area (Å²) in [5.41, 5.74) is 2.00. The van der Waals surface area contributed by atoms with Crippen LogP contribution in [-0.2, 0) is 16.1 Å². The number of ether oxygens (including phenoxy) is 1. The first-order valence-corrected chi connectivity index (χ1v) is 11.1. The number of hydrogen-bond donors (Lipinski definition) is 0. The van der Waals surface area contributed by atoms with Gasteiger partial charge in [-0.1, -0.05) is 18.2 Å². The summed E-state index contributed by atoms with van der Waals surface area (Å²) in [5, 5.41) is 0. The number of rotatable bonds is 5. The highest BCUT2D eigenvalue weighted by Gasteiger charge is 2.31. The number of aromatic nitrogens is 1. The number of amides is 1. The van der Waals surface area contributed by atoms with E-state index in [4.69, 9.17) is 4.74 Å². The first kappa shape index (κ1) is 20.6. The molecule has 3 heterocycles. The fourth-order valence-electron chi connectivity index (χ4n) is 4.09. The zero-order valence-electron chi connectivity index (χ0n) is 17.2. The molecule has 30 heavy (non-hydrogen) atoms. The highest BCUT2D eigenvalue weighted by molar-refractivity contribution is 7.19. The van der Waals surface area contributed by atoms with E-state index in [-0.39, 0.29) is 30.2 Å². The summed E-state index contributed by atoms with van der Waals surface area (Å²) >= 11 is 1.62. The minimum Gasteiger partial charge on any atom is -0.466 e. The maximum absolute atomic E-state index is 14.3. The van der Waals surface area contributed by atoms with Crippen molar-refractivity contribution in [2.24, 2.45) is 5.92 Å². The first-order valence-electron chi connectivity index (χ1n) is 10.3. The predicted molar refractivity (Wildman–Crippen MR) is 115 cm³/mol. The molecule has 1 unspecified atom stereocenters. The Balaban J connectivity index is 1.66. The standard InChI is InChI=1S/C23H25FN2O3S/c1-3-29-23(28)17-8-6-10-25(13-17)22(27)20-12-21-19(11-15(2)30-21)26(20)14-16-7-4-5-9-18(16)24/h4-5,7,9,11-12,17H,3,6,8,10,13-14H2,1-2H3. The summed E-state index contributed by atoms with van der Waals surface area (Å²) in [6, 6.07) is 10.6. The van der Waals surface area contributed by atoms with E-state index in [1.54, 1.807) is 41.4 Å². The Labute approximate surface area is 179 Å².